The van der Waals surface area contributed by atoms with Crippen molar-refractivity contribution < 1.29 is 14.0 Å². The molecule has 0 atom stereocenters. The molecule has 166 valence electrons. The van der Waals surface area contributed by atoms with Gasteiger partial charge in [0.1, 0.15) is 5.82 Å². The summed E-state index contributed by atoms with van der Waals surface area (Å²) in [4.78, 5) is 26.8. The lowest BCUT2D eigenvalue weighted by Gasteiger charge is -2.31. The number of piperidine rings is 1. The van der Waals surface area contributed by atoms with Crippen LogP contribution < -0.4 is 10.6 Å². The van der Waals surface area contributed by atoms with Crippen molar-refractivity contribution in [3.05, 3.63) is 63.9 Å². The first kappa shape index (κ1) is 23.5. The molecular weight excluding hydrogens is 440 g/mol. The third kappa shape index (κ3) is 7.20. The van der Waals surface area contributed by atoms with Crippen LogP contribution in [0.4, 0.5) is 10.1 Å². The molecule has 0 unspecified atom stereocenters. The molecule has 5 nitrogen and oxygen atoms in total. The third-order valence-electron chi connectivity index (χ3n) is 5.47. The quantitative estimate of drug-likeness (QED) is 0.601. The van der Waals surface area contributed by atoms with E-state index in [1.165, 1.54) is 6.07 Å². The van der Waals surface area contributed by atoms with Crippen molar-refractivity contribution in [3.63, 3.8) is 0 Å². The zero-order chi connectivity index (χ0) is 22.2. The third-order valence-corrected chi connectivity index (χ3v) is 6.03. The standard InChI is InChI=1S/C23H26Cl2FN3O2/c24-18-5-6-19(25)21(15-18)28-22(30)10-14-29-12-8-17(9-13-29)23(31)27-11-7-16-3-1-2-4-20(16)26/h1-6,15,17H,7-14H2,(H,27,31)(H,28,30). The lowest BCUT2D eigenvalue weighted by Crippen LogP contribution is -2.41. The highest BCUT2D eigenvalue weighted by molar-refractivity contribution is 6.35. The van der Waals surface area contributed by atoms with Gasteiger partial charge >= 0.3 is 0 Å². The first-order chi connectivity index (χ1) is 14.9. The average molecular weight is 466 g/mol. The molecule has 2 aromatic carbocycles. The lowest BCUT2D eigenvalue weighted by molar-refractivity contribution is -0.126. The molecule has 2 aromatic rings. The minimum atomic E-state index is -0.244. The van der Waals surface area contributed by atoms with Crippen LogP contribution in [0.2, 0.25) is 10.0 Å². The number of anilines is 1. The second-order valence-electron chi connectivity index (χ2n) is 7.67. The maximum Gasteiger partial charge on any atom is 0.225 e. The van der Waals surface area contributed by atoms with Gasteiger partial charge in [0.25, 0.3) is 0 Å². The summed E-state index contributed by atoms with van der Waals surface area (Å²) < 4.78 is 13.6. The number of hydrogen-bond donors (Lipinski definition) is 2. The largest absolute Gasteiger partial charge is 0.356 e. The van der Waals surface area contributed by atoms with E-state index in [4.69, 9.17) is 23.2 Å². The van der Waals surface area contributed by atoms with Gasteiger partial charge in [0.05, 0.1) is 10.7 Å². The molecule has 0 aliphatic carbocycles. The first-order valence-electron chi connectivity index (χ1n) is 10.4. The SMILES string of the molecule is O=C(CCN1CCC(C(=O)NCCc2ccccc2F)CC1)Nc1cc(Cl)ccc1Cl. The Balaban J connectivity index is 1.34. The van der Waals surface area contributed by atoms with Crippen molar-refractivity contribution in [1.82, 2.24) is 10.2 Å². The first-order valence-corrected chi connectivity index (χ1v) is 11.2. The normalized spacial score (nSPS) is 14.9. The molecule has 1 heterocycles. The van der Waals surface area contributed by atoms with Gasteiger partial charge in [-0.2, -0.15) is 0 Å². The van der Waals surface area contributed by atoms with Crippen LogP contribution in [0.15, 0.2) is 42.5 Å². The molecule has 1 fully saturated rings. The van der Waals surface area contributed by atoms with E-state index < -0.39 is 0 Å². The van der Waals surface area contributed by atoms with Gasteiger partial charge in [-0.05, 0) is 62.2 Å². The van der Waals surface area contributed by atoms with E-state index in [9.17, 15) is 14.0 Å². The van der Waals surface area contributed by atoms with E-state index in [0.29, 0.717) is 47.2 Å². The maximum atomic E-state index is 13.6. The lowest BCUT2D eigenvalue weighted by atomic mass is 9.95. The van der Waals surface area contributed by atoms with Crippen LogP contribution in [0.5, 0.6) is 0 Å². The summed E-state index contributed by atoms with van der Waals surface area (Å²) in [6.45, 7) is 2.56. The summed E-state index contributed by atoms with van der Waals surface area (Å²) in [5, 5.41) is 6.66. The summed E-state index contributed by atoms with van der Waals surface area (Å²) in [6.07, 6.45) is 2.30. The number of carbonyl (C=O) groups is 2. The van der Waals surface area contributed by atoms with E-state index in [1.807, 2.05) is 0 Å². The second kappa shape index (κ2) is 11.5. The van der Waals surface area contributed by atoms with Gasteiger partial charge in [0.15, 0.2) is 0 Å². The molecule has 8 heteroatoms. The van der Waals surface area contributed by atoms with E-state index in [-0.39, 0.29) is 23.5 Å². The molecule has 0 bridgehead atoms. The molecule has 3 rings (SSSR count). The zero-order valence-corrected chi connectivity index (χ0v) is 18.7. The number of nitrogens with one attached hydrogen (secondary N) is 2. The van der Waals surface area contributed by atoms with Crippen LogP contribution in [0.25, 0.3) is 0 Å². The monoisotopic (exact) mass is 465 g/mol. The molecule has 1 aliphatic rings. The minimum absolute atomic E-state index is 0.0179. The molecule has 2 amide bonds. The van der Waals surface area contributed by atoms with E-state index >= 15 is 0 Å². The number of carbonyl (C=O) groups excluding carboxylic acids is 2. The van der Waals surface area contributed by atoms with Crippen molar-refractivity contribution >= 4 is 40.7 Å². The molecule has 1 saturated heterocycles. The molecule has 0 radical (unpaired) electrons. The molecule has 2 N–H and O–H groups in total. The van der Waals surface area contributed by atoms with E-state index in [2.05, 4.69) is 15.5 Å². The molecular formula is C23H26Cl2FN3O2. The summed E-state index contributed by atoms with van der Waals surface area (Å²) in [6, 6.07) is 11.5. The van der Waals surface area contributed by atoms with E-state index in [1.54, 1.807) is 36.4 Å². The highest BCUT2D eigenvalue weighted by atomic mass is 35.5. The Hall–Kier alpha value is -2.15. The van der Waals surface area contributed by atoms with Gasteiger partial charge in [-0.15, -0.1) is 0 Å². The van der Waals surface area contributed by atoms with Gasteiger partial charge < -0.3 is 15.5 Å². The fraction of sp³-hybridized carbons (Fsp3) is 0.391. The topological polar surface area (TPSA) is 61.4 Å². The van der Waals surface area contributed by atoms with Gasteiger partial charge in [-0.25, -0.2) is 4.39 Å². The predicted octanol–water partition coefficient (Wildman–Crippen LogP) is 4.53. The van der Waals surface area contributed by atoms with Crippen molar-refractivity contribution in [2.45, 2.75) is 25.7 Å². The number of benzene rings is 2. The van der Waals surface area contributed by atoms with Crippen LogP contribution >= 0.6 is 23.2 Å². The van der Waals surface area contributed by atoms with Crippen LogP contribution in [-0.2, 0) is 16.0 Å². The van der Waals surface area contributed by atoms with Gasteiger partial charge in [-0.1, -0.05) is 41.4 Å². The van der Waals surface area contributed by atoms with Crippen molar-refractivity contribution in [2.75, 3.05) is 31.5 Å². The van der Waals surface area contributed by atoms with Crippen molar-refractivity contribution in [1.29, 1.82) is 0 Å². The van der Waals surface area contributed by atoms with Crippen LogP contribution in [0.1, 0.15) is 24.8 Å². The Morgan fingerprint density at radius 2 is 1.84 bits per heavy atom. The second-order valence-corrected chi connectivity index (χ2v) is 8.51. The number of amides is 2. The number of hydrogen-bond acceptors (Lipinski definition) is 3. The average Bonchev–Trinajstić information content (AvgIpc) is 2.76. The predicted molar refractivity (Wildman–Crippen MR) is 122 cm³/mol. The Morgan fingerprint density at radius 3 is 2.58 bits per heavy atom. The fourth-order valence-corrected chi connectivity index (χ4v) is 3.99. The smallest absolute Gasteiger partial charge is 0.225 e. The minimum Gasteiger partial charge on any atom is -0.356 e. The fourth-order valence-electron chi connectivity index (χ4n) is 3.65. The summed E-state index contributed by atoms with van der Waals surface area (Å²) >= 11 is 12.0. The van der Waals surface area contributed by atoms with Gasteiger partial charge in [0, 0.05) is 30.5 Å². The molecule has 0 spiro atoms. The van der Waals surface area contributed by atoms with Crippen molar-refractivity contribution in [2.24, 2.45) is 5.92 Å². The molecule has 0 saturated carbocycles. The maximum absolute atomic E-state index is 13.6. The molecule has 31 heavy (non-hydrogen) atoms. The molecule has 1 aliphatic heterocycles. The Morgan fingerprint density at radius 1 is 1.10 bits per heavy atom. The van der Waals surface area contributed by atoms with Crippen LogP contribution in [0.3, 0.4) is 0 Å². The van der Waals surface area contributed by atoms with Crippen LogP contribution in [-0.4, -0.2) is 42.9 Å². The highest BCUT2D eigenvalue weighted by Gasteiger charge is 2.25. The summed E-state index contributed by atoms with van der Waals surface area (Å²) in [5.74, 6) is -0.399. The van der Waals surface area contributed by atoms with Crippen LogP contribution in [0, 0.1) is 11.7 Å². The van der Waals surface area contributed by atoms with Gasteiger partial charge in [-0.3, -0.25) is 9.59 Å². The Bertz CT molecular complexity index is 917. The van der Waals surface area contributed by atoms with Crippen molar-refractivity contribution in [3.8, 4) is 0 Å². The van der Waals surface area contributed by atoms with Gasteiger partial charge in [0.2, 0.25) is 11.8 Å². The zero-order valence-electron chi connectivity index (χ0n) is 17.2. The summed E-state index contributed by atoms with van der Waals surface area (Å²) in [5.41, 5.74) is 1.11. The number of halogens is 3. The Kier molecular flexibility index (Phi) is 8.69. The van der Waals surface area contributed by atoms with E-state index in [0.717, 1.165) is 25.9 Å². The molecule has 0 aromatic heterocycles. The summed E-state index contributed by atoms with van der Waals surface area (Å²) in [7, 11) is 0. The number of rotatable bonds is 8. The Labute approximate surface area is 191 Å². The number of likely N-dealkylation sites (tertiary alicyclic amines) is 1. The number of nitrogens with zero attached hydrogens (tertiary/aromatic N) is 1. The highest BCUT2D eigenvalue weighted by Crippen LogP contribution is 2.25.